The Kier molecular flexibility index (Phi) is 4.36. The van der Waals surface area contributed by atoms with Crippen molar-refractivity contribution in [3.05, 3.63) is 29.8 Å². The third-order valence-electron chi connectivity index (χ3n) is 2.15. The van der Waals surface area contributed by atoms with Gasteiger partial charge in [0, 0.05) is 12.7 Å². The second-order valence-corrected chi connectivity index (χ2v) is 3.78. The molecule has 19 heavy (non-hydrogen) atoms. The lowest BCUT2D eigenvalue weighted by atomic mass is 10.2. The predicted molar refractivity (Wildman–Crippen MR) is 61.1 cm³/mol. The van der Waals surface area contributed by atoms with E-state index in [2.05, 4.69) is 5.32 Å². The normalized spacial score (nSPS) is 10.9. The first-order chi connectivity index (χ1) is 8.69. The van der Waals surface area contributed by atoms with Crippen LogP contribution in [0.5, 0.6) is 0 Å². The van der Waals surface area contributed by atoms with Crippen molar-refractivity contribution in [2.45, 2.75) is 6.18 Å². The van der Waals surface area contributed by atoms with E-state index in [9.17, 15) is 22.8 Å². The van der Waals surface area contributed by atoms with Crippen molar-refractivity contribution >= 4 is 17.7 Å². The van der Waals surface area contributed by atoms with E-state index >= 15 is 0 Å². The van der Waals surface area contributed by atoms with Gasteiger partial charge >= 0.3 is 18.2 Å². The summed E-state index contributed by atoms with van der Waals surface area (Å²) in [6.45, 7) is -1.37. The van der Waals surface area contributed by atoms with Crippen molar-refractivity contribution in [1.82, 2.24) is 4.90 Å². The van der Waals surface area contributed by atoms with Gasteiger partial charge in [0.1, 0.15) is 6.54 Å². The highest BCUT2D eigenvalue weighted by molar-refractivity contribution is 5.91. The van der Waals surface area contributed by atoms with Crippen LogP contribution in [0.2, 0.25) is 0 Å². The second-order valence-electron chi connectivity index (χ2n) is 3.78. The molecule has 1 aromatic carbocycles. The number of alkyl halides is 3. The molecule has 5 nitrogen and oxygen atoms in total. The topological polar surface area (TPSA) is 69.6 Å². The van der Waals surface area contributed by atoms with Gasteiger partial charge in [0.05, 0.1) is 5.56 Å². The number of halogens is 3. The summed E-state index contributed by atoms with van der Waals surface area (Å²) in [7, 11) is 1.01. The first-order valence-corrected chi connectivity index (χ1v) is 5.11. The highest BCUT2D eigenvalue weighted by Crippen LogP contribution is 2.16. The van der Waals surface area contributed by atoms with Crippen LogP contribution < -0.4 is 5.32 Å². The summed E-state index contributed by atoms with van der Waals surface area (Å²) in [6.07, 6.45) is -4.47. The van der Waals surface area contributed by atoms with Gasteiger partial charge in [-0.1, -0.05) is 0 Å². The lowest BCUT2D eigenvalue weighted by Crippen LogP contribution is -2.38. The number of benzene rings is 1. The number of amides is 2. The Morgan fingerprint density at radius 2 is 1.79 bits per heavy atom. The van der Waals surface area contributed by atoms with Gasteiger partial charge in [-0.25, -0.2) is 9.59 Å². The molecule has 0 heterocycles. The summed E-state index contributed by atoms with van der Waals surface area (Å²) >= 11 is 0. The molecular formula is C11H11F3N2O3. The van der Waals surface area contributed by atoms with E-state index < -0.39 is 24.7 Å². The molecule has 0 aliphatic carbocycles. The van der Waals surface area contributed by atoms with Gasteiger partial charge < -0.3 is 15.3 Å². The van der Waals surface area contributed by atoms with Gasteiger partial charge in [0.25, 0.3) is 0 Å². The molecule has 2 N–H and O–H groups in total. The van der Waals surface area contributed by atoms with E-state index in [4.69, 9.17) is 5.11 Å². The van der Waals surface area contributed by atoms with Crippen LogP contribution in [0.1, 0.15) is 10.4 Å². The van der Waals surface area contributed by atoms with Crippen LogP contribution in [0.4, 0.5) is 23.7 Å². The highest BCUT2D eigenvalue weighted by Gasteiger charge is 2.31. The molecule has 0 saturated carbocycles. The summed E-state index contributed by atoms with van der Waals surface area (Å²) < 4.78 is 36.2. The standard InChI is InChI=1S/C11H11F3N2O3/c1-16(6-11(12,13)14)10(19)15-8-4-2-7(3-5-8)9(17)18/h2-5H,6H2,1H3,(H,15,19)(H,17,18). The second kappa shape index (κ2) is 5.59. The maximum absolute atomic E-state index is 12.1. The Labute approximate surface area is 106 Å². The Morgan fingerprint density at radius 3 is 2.21 bits per heavy atom. The number of carbonyl (C=O) groups is 2. The number of nitrogens with one attached hydrogen (secondary N) is 1. The molecule has 0 spiro atoms. The molecule has 1 rings (SSSR count). The zero-order valence-corrected chi connectivity index (χ0v) is 9.86. The van der Waals surface area contributed by atoms with Gasteiger partial charge in [-0.2, -0.15) is 13.2 Å². The number of rotatable bonds is 3. The Balaban J connectivity index is 2.64. The number of hydrogen-bond donors (Lipinski definition) is 2. The number of anilines is 1. The minimum Gasteiger partial charge on any atom is -0.478 e. The quantitative estimate of drug-likeness (QED) is 0.890. The van der Waals surface area contributed by atoms with Crippen molar-refractivity contribution in [2.24, 2.45) is 0 Å². The van der Waals surface area contributed by atoms with Gasteiger partial charge in [0.2, 0.25) is 0 Å². The number of nitrogens with zero attached hydrogens (tertiary/aromatic N) is 1. The Morgan fingerprint density at radius 1 is 1.26 bits per heavy atom. The molecule has 8 heteroatoms. The molecule has 0 aliphatic rings. The minimum absolute atomic E-state index is 0.0154. The lowest BCUT2D eigenvalue weighted by molar-refractivity contribution is -0.137. The summed E-state index contributed by atoms with van der Waals surface area (Å²) in [6, 6.07) is 4.13. The molecular weight excluding hydrogens is 265 g/mol. The first-order valence-electron chi connectivity index (χ1n) is 5.11. The molecule has 0 aromatic heterocycles. The maximum atomic E-state index is 12.1. The third-order valence-corrected chi connectivity index (χ3v) is 2.15. The number of carboxylic acids is 1. The monoisotopic (exact) mass is 276 g/mol. The van der Waals surface area contributed by atoms with Gasteiger partial charge in [-0.05, 0) is 24.3 Å². The van der Waals surface area contributed by atoms with Crippen LogP contribution >= 0.6 is 0 Å². The van der Waals surface area contributed by atoms with Gasteiger partial charge in [-0.15, -0.1) is 0 Å². The lowest BCUT2D eigenvalue weighted by Gasteiger charge is -2.19. The molecule has 0 aliphatic heterocycles. The highest BCUT2D eigenvalue weighted by atomic mass is 19.4. The summed E-state index contributed by atoms with van der Waals surface area (Å²) in [5, 5.41) is 10.9. The van der Waals surface area contributed by atoms with Crippen LogP contribution in [-0.4, -0.2) is 41.8 Å². The van der Waals surface area contributed by atoms with E-state index in [-0.39, 0.29) is 11.3 Å². The average molecular weight is 276 g/mol. The summed E-state index contributed by atoms with van der Waals surface area (Å²) in [4.78, 5) is 22.5. The summed E-state index contributed by atoms with van der Waals surface area (Å²) in [5.41, 5.74) is 0.227. The van der Waals surface area contributed by atoms with Crippen LogP contribution in [0.3, 0.4) is 0 Å². The third kappa shape index (κ3) is 4.86. The zero-order chi connectivity index (χ0) is 14.6. The molecule has 0 saturated heterocycles. The maximum Gasteiger partial charge on any atom is 0.406 e. The van der Waals surface area contributed by atoms with E-state index in [1.165, 1.54) is 24.3 Å². The minimum atomic E-state index is -4.47. The SMILES string of the molecule is CN(CC(F)(F)F)C(=O)Nc1ccc(C(=O)O)cc1. The fourth-order valence-corrected chi connectivity index (χ4v) is 1.26. The van der Waals surface area contributed by atoms with E-state index in [1.807, 2.05) is 0 Å². The Hall–Kier alpha value is -2.25. The van der Waals surface area contributed by atoms with Gasteiger partial charge in [-0.3, -0.25) is 0 Å². The van der Waals surface area contributed by atoms with Crippen molar-refractivity contribution in [1.29, 1.82) is 0 Å². The number of urea groups is 1. The van der Waals surface area contributed by atoms with Crippen molar-refractivity contribution in [2.75, 3.05) is 18.9 Å². The largest absolute Gasteiger partial charge is 0.478 e. The zero-order valence-electron chi connectivity index (χ0n) is 9.86. The number of carboxylic acid groups (broad SMARTS) is 1. The number of hydrogen-bond acceptors (Lipinski definition) is 2. The number of carbonyl (C=O) groups excluding carboxylic acids is 1. The van der Waals surface area contributed by atoms with Crippen molar-refractivity contribution in [3.63, 3.8) is 0 Å². The van der Waals surface area contributed by atoms with Crippen molar-refractivity contribution < 1.29 is 27.9 Å². The van der Waals surface area contributed by atoms with Crippen molar-refractivity contribution in [3.8, 4) is 0 Å². The molecule has 0 unspecified atom stereocenters. The summed E-state index contributed by atoms with van der Waals surface area (Å²) in [5.74, 6) is -1.13. The van der Waals surface area contributed by atoms with Crippen LogP contribution in [-0.2, 0) is 0 Å². The smallest absolute Gasteiger partial charge is 0.406 e. The van der Waals surface area contributed by atoms with E-state index in [1.54, 1.807) is 0 Å². The van der Waals surface area contributed by atoms with Gasteiger partial charge in [0.15, 0.2) is 0 Å². The molecule has 1 aromatic rings. The van der Waals surface area contributed by atoms with Crippen LogP contribution in [0, 0.1) is 0 Å². The number of aromatic carboxylic acids is 1. The first kappa shape index (κ1) is 14.8. The molecule has 2 amide bonds. The molecule has 0 atom stereocenters. The molecule has 0 bridgehead atoms. The fourth-order valence-electron chi connectivity index (χ4n) is 1.26. The van der Waals surface area contributed by atoms with Crippen LogP contribution in [0.15, 0.2) is 24.3 Å². The van der Waals surface area contributed by atoms with Crippen LogP contribution in [0.25, 0.3) is 0 Å². The molecule has 104 valence electrons. The molecule has 0 fully saturated rings. The van der Waals surface area contributed by atoms with E-state index in [0.717, 1.165) is 7.05 Å². The molecule has 0 radical (unpaired) electrons. The Bertz CT molecular complexity index is 471. The average Bonchev–Trinajstić information content (AvgIpc) is 2.27. The van der Waals surface area contributed by atoms with E-state index in [0.29, 0.717) is 4.90 Å². The fraction of sp³-hybridized carbons (Fsp3) is 0.273. The predicted octanol–water partition coefficient (Wildman–Crippen LogP) is 2.41.